The van der Waals surface area contributed by atoms with Crippen molar-refractivity contribution in [3.05, 3.63) is 65.7 Å². The number of hydrogen-bond donors (Lipinski definition) is 3. The zero-order valence-corrected chi connectivity index (χ0v) is 19.8. The van der Waals surface area contributed by atoms with Crippen molar-refractivity contribution in [3.8, 4) is 5.75 Å². The minimum absolute atomic E-state index is 0. The largest absolute Gasteiger partial charge is 0.496 e. The Morgan fingerprint density at radius 2 is 1.68 bits per heavy atom. The average molecular weight is 496 g/mol. The molecule has 0 heterocycles. The summed E-state index contributed by atoms with van der Waals surface area (Å²) in [5, 5.41) is 10.4. The van der Waals surface area contributed by atoms with E-state index in [-0.39, 0.29) is 35.6 Å². The number of guanidine groups is 1. The summed E-state index contributed by atoms with van der Waals surface area (Å²) in [4.78, 5) is 4.32. The first-order valence-electron chi connectivity index (χ1n) is 9.34. The molecule has 0 aliphatic rings. The van der Waals surface area contributed by atoms with E-state index in [0.29, 0.717) is 6.54 Å². The van der Waals surface area contributed by atoms with Crippen molar-refractivity contribution in [1.82, 2.24) is 16.0 Å². The fourth-order valence-corrected chi connectivity index (χ4v) is 3.02. The van der Waals surface area contributed by atoms with Gasteiger partial charge in [0.05, 0.1) is 7.11 Å². The molecule has 2 rings (SSSR count). The van der Waals surface area contributed by atoms with Crippen LogP contribution < -0.4 is 20.7 Å². The Morgan fingerprint density at radius 3 is 2.32 bits per heavy atom. The van der Waals surface area contributed by atoms with Crippen molar-refractivity contribution >= 4 is 29.9 Å². The molecule has 1 atom stereocenters. The molecule has 0 fully saturated rings. The molecule has 2 aromatic carbocycles. The van der Waals surface area contributed by atoms with Gasteiger partial charge in [0.2, 0.25) is 0 Å². The summed E-state index contributed by atoms with van der Waals surface area (Å²) in [6.07, 6.45) is 0. The normalized spacial score (nSPS) is 12.7. The molecule has 0 bridgehead atoms. The van der Waals surface area contributed by atoms with E-state index >= 15 is 0 Å². The van der Waals surface area contributed by atoms with Gasteiger partial charge in [-0.15, -0.1) is 24.0 Å². The molecule has 3 N–H and O–H groups in total. The van der Waals surface area contributed by atoms with Gasteiger partial charge in [0.25, 0.3) is 0 Å². The van der Waals surface area contributed by atoms with E-state index in [1.807, 2.05) is 30.3 Å². The number of methoxy groups -OCH3 is 1. The van der Waals surface area contributed by atoms with Gasteiger partial charge in [-0.2, -0.15) is 0 Å². The first kappa shape index (κ1) is 24.2. The molecule has 154 valence electrons. The van der Waals surface area contributed by atoms with Crippen LogP contribution in [0.3, 0.4) is 0 Å². The van der Waals surface area contributed by atoms with Crippen LogP contribution in [0.2, 0.25) is 0 Å². The lowest BCUT2D eigenvalue weighted by molar-refractivity contribution is 0.344. The highest BCUT2D eigenvalue weighted by atomic mass is 127. The summed E-state index contributed by atoms with van der Waals surface area (Å²) in [5.41, 5.74) is 2.28. The smallest absolute Gasteiger partial charge is 0.191 e. The number of rotatable bonds is 8. The van der Waals surface area contributed by atoms with Crippen LogP contribution in [-0.4, -0.2) is 32.2 Å². The van der Waals surface area contributed by atoms with E-state index < -0.39 is 0 Å². The van der Waals surface area contributed by atoms with Gasteiger partial charge in [0.1, 0.15) is 5.75 Å². The summed E-state index contributed by atoms with van der Waals surface area (Å²) in [5.74, 6) is 1.64. The predicted molar refractivity (Wildman–Crippen MR) is 129 cm³/mol. The molecule has 2 aromatic rings. The first-order valence-corrected chi connectivity index (χ1v) is 9.34. The van der Waals surface area contributed by atoms with Crippen LogP contribution in [0.25, 0.3) is 0 Å². The van der Waals surface area contributed by atoms with Gasteiger partial charge in [0, 0.05) is 37.3 Å². The number of para-hydroxylation sites is 1. The summed E-state index contributed by atoms with van der Waals surface area (Å²) >= 11 is 0. The maximum absolute atomic E-state index is 5.40. The summed E-state index contributed by atoms with van der Waals surface area (Å²) in [6, 6.07) is 18.7. The van der Waals surface area contributed by atoms with Gasteiger partial charge >= 0.3 is 0 Å². The van der Waals surface area contributed by atoms with E-state index in [1.165, 1.54) is 5.56 Å². The third-order valence-corrected chi connectivity index (χ3v) is 4.47. The van der Waals surface area contributed by atoms with Crippen LogP contribution >= 0.6 is 24.0 Å². The lowest BCUT2D eigenvalue weighted by Crippen LogP contribution is -2.52. The van der Waals surface area contributed by atoms with Crippen molar-refractivity contribution in [2.75, 3.05) is 20.7 Å². The Labute approximate surface area is 186 Å². The maximum atomic E-state index is 5.40. The molecule has 6 heteroatoms. The van der Waals surface area contributed by atoms with Crippen molar-refractivity contribution < 1.29 is 4.74 Å². The predicted octanol–water partition coefficient (Wildman–Crippen LogP) is 4.11. The maximum Gasteiger partial charge on any atom is 0.191 e. The van der Waals surface area contributed by atoms with Gasteiger partial charge in [-0.05, 0) is 32.4 Å². The van der Waals surface area contributed by atoms with Gasteiger partial charge < -0.3 is 20.7 Å². The minimum Gasteiger partial charge on any atom is -0.496 e. The Kier molecular flexibility index (Phi) is 10.3. The lowest BCUT2D eigenvalue weighted by Gasteiger charge is -2.31. The van der Waals surface area contributed by atoms with Crippen LogP contribution in [0.5, 0.6) is 5.75 Å². The average Bonchev–Trinajstić information content (AvgIpc) is 2.68. The second kappa shape index (κ2) is 11.9. The van der Waals surface area contributed by atoms with Crippen molar-refractivity contribution in [2.24, 2.45) is 4.99 Å². The Balaban J connectivity index is 0.00000392. The number of ether oxygens (including phenoxy) is 1. The molecule has 0 aliphatic heterocycles. The standard InChI is InChI=1S/C22H32N4O.HI/c1-17(18-11-7-6-8-12-18)26-22(2,3)16-25-21(23-4)24-15-19-13-9-10-14-20(19)27-5;/h6-14,17,26H,15-16H2,1-5H3,(H2,23,24,25);1H. The molecule has 0 radical (unpaired) electrons. The molecule has 1 unspecified atom stereocenters. The van der Waals surface area contributed by atoms with E-state index in [0.717, 1.165) is 23.8 Å². The first-order chi connectivity index (χ1) is 12.9. The molecule has 0 aliphatic carbocycles. The fourth-order valence-electron chi connectivity index (χ4n) is 3.02. The number of aliphatic imine (C=N–C) groups is 1. The number of benzene rings is 2. The van der Waals surface area contributed by atoms with E-state index in [4.69, 9.17) is 4.74 Å². The van der Waals surface area contributed by atoms with Gasteiger partial charge in [-0.3, -0.25) is 4.99 Å². The topological polar surface area (TPSA) is 57.7 Å². The van der Waals surface area contributed by atoms with E-state index in [1.54, 1.807) is 14.2 Å². The van der Waals surface area contributed by atoms with Crippen molar-refractivity contribution in [2.45, 2.75) is 38.9 Å². The van der Waals surface area contributed by atoms with E-state index in [9.17, 15) is 0 Å². The van der Waals surface area contributed by atoms with Crippen molar-refractivity contribution in [1.29, 1.82) is 0 Å². The number of halogens is 1. The number of nitrogens with zero attached hydrogens (tertiary/aromatic N) is 1. The fraction of sp³-hybridized carbons (Fsp3) is 0.409. The van der Waals surface area contributed by atoms with Gasteiger partial charge in [-0.25, -0.2) is 0 Å². The quantitative estimate of drug-likeness (QED) is 0.293. The van der Waals surface area contributed by atoms with Crippen LogP contribution in [0.1, 0.15) is 37.9 Å². The Bertz CT molecular complexity index is 734. The van der Waals surface area contributed by atoms with Crippen LogP contribution in [0, 0.1) is 0 Å². The highest BCUT2D eigenvalue weighted by Crippen LogP contribution is 2.17. The molecule has 0 aromatic heterocycles. The Hall–Kier alpha value is -1.80. The third kappa shape index (κ3) is 7.67. The third-order valence-electron chi connectivity index (χ3n) is 4.47. The second-order valence-electron chi connectivity index (χ2n) is 7.25. The monoisotopic (exact) mass is 496 g/mol. The van der Waals surface area contributed by atoms with Crippen LogP contribution in [-0.2, 0) is 6.54 Å². The highest BCUT2D eigenvalue weighted by Gasteiger charge is 2.21. The molecule has 5 nitrogen and oxygen atoms in total. The van der Waals surface area contributed by atoms with Crippen LogP contribution in [0.4, 0.5) is 0 Å². The van der Waals surface area contributed by atoms with Gasteiger partial charge in [0.15, 0.2) is 5.96 Å². The molecular formula is C22H33IN4O. The summed E-state index contributed by atoms with van der Waals surface area (Å²) in [7, 11) is 3.47. The molecule has 0 saturated heterocycles. The Morgan fingerprint density at radius 1 is 1.04 bits per heavy atom. The summed E-state index contributed by atoms with van der Waals surface area (Å²) < 4.78 is 5.40. The molecule has 28 heavy (non-hydrogen) atoms. The number of hydrogen-bond acceptors (Lipinski definition) is 3. The minimum atomic E-state index is -0.0999. The lowest BCUT2D eigenvalue weighted by atomic mass is 10.0. The van der Waals surface area contributed by atoms with Crippen molar-refractivity contribution in [3.63, 3.8) is 0 Å². The number of nitrogens with one attached hydrogen (secondary N) is 3. The molecular weight excluding hydrogens is 463 g/mol. The SMILES string of the molecule is CN=C(NCc1ccccc1OC)NCC(C)(C)NC(C)c1ccccc1.I. The summed E-state index contributed by atoms with van der Waals surface area (Å²) in [6.45, 7) is 7.96. The van der Waals surface area contributed by atoms with Gasteiger partial charge in [-0.1, -0.05) is 48.5 Å². The zero-order valence-electron chi connectivity index (χ0n) is 17.5. The van der Waals surface area contributed by atoms with E-state index in [2.05, 4.69) is 66.0 Å². The molecule has 0 saturated carbocycles. The van der Waals surface area contributed by atoms with Crippen LogP contribution in [0.15, 0.2) is 59.6 Å². The molecule has 0 amide bonds. The zero-order chi connectivity index (χ0) is 19.7. The highest BCUT2D eigenvalue weighted by molar-refractivity contribution is 14.0. The second-order valence-corrected chi connectivity index (χ2v) is 7.25. The molecule has 0 spiro atoms.